The van der Waals surface area contributed by atoms with Gasteiger partial charge in [0, 0.05) is 0 Å². The molecule has 0 amide bonds. The molecule has 0 aliphatic heterocycles. The number of nitrogens with zero attached hydrogens (tertiary/aromatic N) is 3. The minimum absolute atomic E-state index is 0.130. The van der Waals surface area contributed by atoms with Crippen LogP contribution in [0.1, 0.15) is 31.9 Å². The van der Waals surface area contributed by atoms with E-state index in [1.54, 1.807) is 13.8 Å². The number of carbonyl (C=O) groups is 1. The number of ketones is 1. The molecule has 0 saturated carbocycles. The van der Waals surface area contributed by atoms with E-state index < -0.39 is 17.3 Å². The third-order valence-electron chi connectivity index (χ3n) is 3.67. The molecule has 1 heterocycles. The molecule has 132 valence electrons. The van der Waals surface area contributed by atoms with E-state index in [0.717, 1.165) is 12.1 Å². The number of hydrogen-bond donors (Lipinski definition) is 1. The van der Waals surface area contributed by atoms with E-state index >= 15 is 0 Å². The van der Waals surface area contributed by atoms with E-state index in [2.05, 4.69) is 10.4 Å². The fourth-order valence-electron chi connectivity index (χ4n) is 1.92. The predicted molar refractivity (Wildman–Crippen MR) is 86.7 cm³/mol. The third kappa shape index (κ3) is 3.94. The van der Waals surface area contributed by atoms with E-state index in [9.17, 15) is 23.2 Å². The van der Waals surface area contributed by atoms with E-state index in [4.69, 9.17) is 11.6 Å². The summed E-state index contributed by atoms with van der Waals surface area (Å²) in [5, 5.41) is 16.0. The van der Waals surface area contributed by atoms with Gasteiger partial charge in [-0.3, -0.25) is 4.79 Å². The van der Waals surface area contributed by atoms with Crippen LogP contribution in [0.5, 0.6) is 0 Å². The fraction of sp³-hybridized carbons (Fsp3) is 0.312. The Bertz CT molecular complexity index is 865. The standard InChI is InChI=1S/C16H14ClF3N4O/c1-9(25)15(2,3)22-14-10(7-21)8-24(23-14)13-5-4-11(6-12(13)17)16(18,19)20/h4-6,8H,1-3H3,(H,22,23). The number of anilines is 1. The summed E-state index contributed by atoms with van der Waals surface area (Å²) in [6, 6.07) is 4.75. The van der Waals surface area contributed by atoms with Crippen LogP contribution < -0.4 is 5.32 Å². The van der Waals surface area contributed by atoms with Crippen LogP contribution in [0.15, 0.2) is 24.4 Å². The highest BCUT2D eigenvalue weighted by atomic mass is 35.5. The SMILES string of the molecule is CC(=O)C(C)(C)Nc1nn(-c2ccc(C(F)(F)F)cc2Cl)cc1C#N. The Morgan fingerprint density at radius 1 is 1.36 bits per heavy atom. The molecule has 0 fully saturated rings. The van der Waals surface area contributed by atoms with Crippen LogP contribution in [0.3, 0.4) is 0 Å². The highest BCUT2D eigenvalue weighted by Gasteiger charge is 2.31. The van der Waals surface area contributed by atoms with Crippen LogP contribution in [0.4, 0.5) is 19.0 Å². The van der Waals surface area contributed by atoms with Gasteiger partial charge in [-0.15, -0.1) is 5.10 Å². The first-order valence-corrected chi connectivity index (χ1v) is 7.49. The smallest absolute Gasteiger partial charge is 0.356 e. The normalized spacial score (nSPS) is 11.9. The largest absolute Gasteiger partial charge is 0.416 e. The van der Waals surface area contributed by atoms with Crippen molar-refractivity contribution in [3.8, 4) is 11.8 Å². The minimum atomic E-state index is -4.51. The van der Waals surface area contributed by atoms with Crippen molar-refractivity contribution >= 4 is 23.2 Å². The highest BCUT2D eigenvalue weighted by molar-refractivity contribution is 6.32. The molecule has 0 aliphatic carbocycles. The number of rotatable bonds is 4. The van der Waals surface area contributed by atoms with Crippen molar-refractivity contribution < 1.29 is 18.0 Å². The van der Waals surface area contributed by atoms with E-state index in [1.807, 2.05) is 6.07 Å². The van der Waals surface area contributed by atoms with Crippen molar-refractivity contribution in [2.24, 2.45) is 0 Å². The monoisotopic (exact) mass is 370 g/mol. The number of Topliss-reactive ketones (excluding diaryl/α,β-unsaturated/α-hetero) is 1. The van der Waals surface area contributed by atoms with Crippen LogP contribution in [-0.4, -0.2) is 21.1 Å². The zero-order chi connectivity index (χ0) is 19.0. The van der Waals surface area contributed by atoms with Crippen molar-refractivity contribution in [3.63, 3.8) is 0 Å². The van der Waals surface area contributed by atoms with Gasteiger partial charge >= 0.3 is 6.18 Å². The summed E-state index contributed by atoms with van der Waals surface area (Å²) < 4.78 is 39.4. The number of alkyl halides is 3. The number of carbonyl (C=O) groups excluding carboxylic acids is 1. The first kappa shape index (κ1) is 18.8. The second kappa shape index (κ2) is 6.41. The van der Waals surface area contributed by atoms with Crippen molar-refractivity contribution in [2.75, 3.05) is 5.32 Å². The zero-order valence-corrected chi connectivity index (χ0v) is 14.3. The van der Waals surface area contributed by atoms with Gasteiger partial charge in [-0.05, 0) is 39.0 Å². The van der Waals surface area contributed by atoms with Gasteiger partial charge in [0.25, 0.3) is 0 Å². The van der Waals surface area contributed by atoms with Gasteiger partial charge in [-0.25, -0.2) is 4.68 Å². The lowest BCUT2D eigenvalue weighted by atomic mass is 10.0. The average molecular weight is 371 g/mol. The molecule has 2 rings (SSSR count). The maximum atomic E-state index is 12.7. The summed E-state index contributed by atoms with van der Waals surface area (Å²) in [5.41, 5.74) is -1.54. The molecule has 0 radical (unpaired) electrons. The molecule has 9 heteroatoms. The van der Waals surface area contributed by atoms with Gasteiger partial charge in [0.1, 0.15) is 11.6 Å². The third-order valence-corrected chi connectivity index (χ3v) is 3.97. The van der Waals surface area contributed by atoms with Crippen LogP contribution in [0.25, 0.3) is 5.69 Å². The predicted octanol–water partition coefficient (Wildman–Crippen LogP) is 4.20. The van der Waals surface area contributed by atoms with Crippen molar-refractivity contribution in [3.05, 3.63) is 40.5 Å². The molecule has 2 aromatic rings. The molecule has 0 atom stereocenters. The minimum Gasteiger partial charge on any atom is -0.356 e. The fourth-order valence-corrected chi connectivity index (χ4v) is 2.19. The van der Waals surface area contributed by atoms with Gasteiger partial charge < -0.3 is 5.32 Å². The molecule has 0 unspecified atom stereocenters. The molecular formula is C16H14ClF3N4O. The number of benzene rings is 1. The van der Waals surface area contributed by atoms with Gasteiger partial charge in [-0.1, -0.05) is 11.6 Å². The summed E-state index contributed by atoms with van der Waals surface area (Å²) in [6.45, 7) is 4.64. The number of nitriles is 1. The average Bonchev–Trinajstić information content (AvgIpc) is 2.88. The summed E-state index contributed by atoms with van der Waals surface area (Å²) in [6.07, 6.45) is -3.19. The lowest BCUT2D eigenvalue weighted by Gasteiger charge is -2.22. The Kier molecular flexibility index (Phi) is 4.82. The quantitative estimate of drug-likeness (QED) is 0.875. The molecule has 1 aromatic heterocycles. The highest BCUT2D eigenvalue weighted by Crippen LogP contribution is 2.33. The summed E-state index contributed by atoms with van der Waals surface area (Å²) in [4.78, 5) is 11.6. The second-order valence-corrected chi connectivity index (χ2v) is 6.33. The lowest BCUT2D eigenvalue weighted by Crippen LogP contribution is -2.38. The van der Waals surface area contributed by atoms with Crippen molar-refractivity contribution in [1.82, 2.24) is 9.78 Å². The molecule has 1 aromatic carbocycles. The molecule has 1 N–H and O–H groups in total. The topological polar surface area (TPSA) is 70.7 Å². The molecule has 0 spiro atoms. The van der Waals surface area contributed by atoms with Gasteiger partial charge in [0.05, 0.1) is 28.0 Å². The zero-order valence-electron chi connectivity index (χ0n) is 13.6. The van der Waals surface area contributed by atoms with E-state index in [0.29, 0.717) is 0 Å². The van der Waals surface area contributed by atoms with E-state index in [-0.39, 0.29) is 27.9 Å². The maximum Gasteiger partial charge on any atom is 0.416 e. The summed E-state index contributed by atoms with van der Waals surface area (Å²) in [5.74, 6) is -0.0304. The Hall–Kier alpha value is -2.53. The second-order valence-electron chi connectivity index (χ2n) is 5.92. The maximum absolute atomic E-state index is 12.7. The summed E-state index contributed by atoms with van der Waals surface area (Å²) in [7, 11) is 0. The van der Waals surface area contributed by atoms with Crippen LogP contribution >= 0.6 is 11.6 Å². The number of nitrogens with one attached hydrogen (secondary N) is 1. The van der Waals surface area contributed by atoms with Crippen molar-refractivity contribution in [1.29, 1.82) is 5.26 Å². The Balaban J connectivity index is 2.46. The lowest BCUT2D eigenvalue weighted by molar-refractivity contribution is -0.137. The molecule has 0 bridgehead atoms. The summed E-state index contributed by atoms with van der Waals surface area (Å²) >= 11 is 5.94. The van der Waals surface area contributed by atoms with E-state index in [1.165, 1.54) is 23.9 Å². The Labute approximate surface area is 147 Å². The number of aromatic nitrogens is 2. The van der Waals surface area contributed by atoms with Crippen LogP contribution in [0.2, 0.25) is 5.02 Å². The molecule has 5 nitrogen and oxygen atoms in total. The Morgan fingerprint density at radius 2 is 2.00 bits per heavy atom. The first-order chi connectivity index (χ1) is 11.5. The molecule has 0 aliphatic rings. The van der Waals surface area contributed by atoms with Gasteiger partial charge in [0.15, 0.2) is 11.6 Å². The van der Waals surface area contributed by atoms with Crippen LogP contribution in [-0.2, 0) is 11.0 Å². The van der Waals surface area contributed by atoms with Crippen molar-refractivity contribution in [2.45, 2.75) is 32.5 Å². The molecule has 0 saturated heterocycles. The molecular weight excluding hydrogens is 357 g/mol. The molecule has 25 heavy (non-hydrogen) atoms. The number of hydrogen-bond acceptors (Lipinski definition) is 4. The van der Waals surface area contributed by atoms with Gasteiger partial charge in [0.2, 0.25) is 0 Å². The first-order valence-electron chi connectivity index (χ1n) is 7.12. The Morgan fingerprint density at radius 3 is 2.48 bits per heavy atom. The van der Waals surface area contributed by atoms with Gasteiger partial charge in [-0.2, -0.15) is 18.4 Å². The number of halogens is 4. The van der Waals surface area contributed by atoms with Crippen LogP contribution in [0, 0.1) is 11.3 Å².